The van der Waals surface area contributed by atoms with Crippen molar-refractivity contribution < 1.29 is 4.79 Å². The van der Waals surface area contributed by atoms with Crippen LogP contribution in [-0.2, 0) is 4.79 Å². The predicted octanol–water partition coefficient (Wildman–Crippen LogP) is 2.65. The van der Waals surface area contributed by atoms with Crippen molar-refractivity contribution in [3.05, 3.63) is 0 Å². The van der Waals surface area contributed by atoms with Gasteiger partial charge in [-0.1, -0.05) is 6.92 Å². The summed E-state index contributed by atoms with van der Waals surface area (Å²) in [6, 6.07) is 1.17. The van der Waals surface area contributed by atoms with Gasteiger partial charge in [-0.15, -0.1) is 24.8 Å². The Balaban J connectivity index is 0.00000144. The zero-order valence-corrected chi connectivity index (χ0v) is 17.2. The van der Waals surface area contributed by atoms with E-state index in [2.05, 4.69) is 22.0 Å². The molecule has 0 radical (unpaired) electrons. The minimum atomic E-state index is 0. The fourth-order valence-electron chi connectivity index (χ4n) is 4.03. The van der Waals surface area contributed by atoms with Crippen LogP contribution in [0.15, 0.2) is 0 Å². The number of thioether (sulfide) groups is 1. The van der Waals surface area contributed by atoms with E-state index in [1.54, 1.807) is 0 Å². The van der Waals surface area contributed by atoms with Crippen LogP contribution in [0.5, 0.6) is 0 Å². The Morgan fingerprint density at radius 1 is 1.08 bits per heavy atom. The monoisotopic (exact) mass is 397 g/mol. The molecule has 0 aromatic rings. The quantitative estimate of drug-likeness (QED) is 0.793. The van der Waals surface area contributed by atoms with Crippen molar-refractivity contribution >= 4 is 42.5 Å². The molecule has 2 aliphatic heterocycles. The maximum atomic E-state index is 12.5. The van der Waals surface area contributed by atoms with E-state index in [1.807, 2.05) is 11.8 Å². The fourth-order valence-corrected chi connectivity index (χ4v) is 4.98. The Morgan fingerprint density at radius 2 is 1.75 bits per heavy atom. The molecule has 3 rings (SSSR count). The third-order valence-corrected chi connectivity index (χ3v) is 6.72. The van der Waals surface area contributed by atoms with E-state index >= 15 is 0 Å². The lowest BCUT2D eigenvalue weighted by Gasteiger charge is -2.42. The number of rotatable bonds is 3. The number of amides is 1. The highest BCUT2D eigenvalue weighted by atomic mass is 35.5. The predicted molar refractivity (Wildman–Crippen MR) is 108 cm³/mol. The molecule has 0 aromatic heterocycles. The van der Waals surface area contributed by atoms with Crippen molar-refractivity contribution in [2.45, 2.75) is 51.1 Å². The van der Waals surface area contributed by atoms with Gasteiger partial charge in [0.25, 0.3) is 0 Å². The van der Waals surface area contributed by atoms with Gasteiger partial charge < -0.3 is 10.2 Å². The van der Waals surface area contributed by atoms with Crippen LogP contribution in [0.4, 0.5) is 0 Å². The first-order chi connectivity index (χ1) is 10.7. The Kier molecular flexibility index (Phi) is 10.4. The van der Waals surface area contributed by atoms with Crippen LogP contribution in [0, 0.1) is 5.92 Å². The molecule has 142 valence electrons. The molecule has 2 saturated heterocycles. The van der Waals surface area contributed by atoms with Crippen LogP contribution < -0.4 is 5.32 Å². The number of halogens is 2. The highest BCUT2D eigenvalue weighted by Gasteiger charge is 2.29. The number of nitrogens with zero attached hydrogens (tertiary/aromatic N) is 2. The van der Waals surface area contributed by atoms with Crippen LogP contribution in [0.2, 0.25) is 0 Å². The van der Waals surface area contributed by atoms with Crippen molar-refractivity contribution in [1.82, 2.24) is 15.1 Å². The van der Waals surface area contributed by atoms with Crippen LogP contribution in [0.3, 0.4) is 0 Å². The summed E-state index contributed by atoms with van der Waals surface area (Å²) in [5, 5.41) is 3.47. The minimum absolute atomic E-state index is 0. The number of carbonyl (C=O) groups excluding carboxylic acids is 1. The summed E-state index contributed by atoms with van der Waals surface area (Å²) in [5.74, 6) is 3.55. The highest BCUT2D eigenvalue weighted by Crippen LogP contribution is 2.27. The molecule has 24 heavy (non-hydrogen) atoms. The fraction of sp³-hybridized carbons (Fsp3) is 0.941. The minimum Gasteiger partial charge on any atom is -0.340 e. The van der Waals surface area contributed by atoms with Crippen molar-refractivity contribution in [2.75, 3.05) is 44.2 Å². The van der Waals surface area contributed by atoms with E-state index < -0.39 is 0 Å². The average molecular weight is 398 g/mol. The Hall–Kier alpha value is 0.320. The van der Waals surface area contributed by atoms with Gasteiger partial charge in [0, 0.05) is 62.7 Å². The van der Waals surface area contributed by atoms with Gasteiger partial charge in [-0.2, -0.15) is 11.8 Å². The molecule has 3 fully saturated rings. The largest absolute Gasteiger partial charge is 0.340 e. The summed E-state index contributed by atoms with van der Waals surface area (Å²) < 4.78 is 0. The van der Waals surface area contributed by atoms with E-state index in [9.17, 15) is 4.79 Å². The molecular formula is C17H33Cl2N3OS. The topological polar surface area (TPSA) is 35.6 Å². The number of hydrogen-bond acceptors (Lipinski definition) is 4. The molecule has 1 saturated carbocycles. The van der Waals surface area contributed by atoms with Crippen molar-refractivity contribution in [3.8, 4) is 0 Å². The summed E-state index contributed by atoms with van der Waals surface area (Å²) in [4.78, 5) is 17.2. The summed E-state index contributed by atoms with van der Waals surface area (Å²) >= 11 is 1.97. The molecule has 0 spiro atoms. The Morgan fingerprint density at radius 3 is 2.33 bits per heavy atom. The second kappa shape index (κ2) is 11.1. The zero-order chi connectivity index (χ0) is 15.4. The molecule has 1 unspecified atom stereocenters. The SMILES string of the molecule is CC1CCC(N2CCN(C(=O)CC3CSCCN3)CC2)CC1.Cl.Cl. The van der Waals surface area contributed by atoms with Gasteiger partial charge in [0.1, 0.15) is 0 Å². The van der Waals surface area contributed by atoms with Crippen LogP contribution >= 0.6 is 36.6 Å². The maximum absolute atomic E-state index is 12.5. The molecule has 0 aromatic carbocycles. The average Bonchev–Trinajstić information content (AvgIpc) is 2.57. The van der Waals surface area contributed by atoms with Crippen LogP contribution in [0.25, 0.3) is 0 Å². The third-order valence-electron chi connectivity index (χ3n) is 5.59. The molecule has 7 heteroatoms. The maximum Gasteiger partial charge on any atom is 0.224 e. The first-order valence-electron chi connectivity index (χ1n) is 9.05. The van der Waals surface area contributed by atoms with E-state index in [4.69, 9.17) is 0 Å². The van der Waals surface area contributed by atoms with Crippen molar-refractivity contribution in [2.24, 2.45) is 5.92 Å². The van der Waals surface area contributed by atoms with Crippen molar-refractivity contribution in [1.29, 1.82) is 0 Å². The smallest absolute Gasteiger partial charge is 0.224 e. The van der Waals surface area contributed by atoms with Crippen molar-refractivity contribution in [3.63, 3.8) is 0 Å². The highest BCUT2D eigenvalue weighted by molar-refractivity contribution is 7.99. The molecular weight excluding hydrogens is 365 g/mol. The summed E-state index contributed by atoms with van der Waals surface area (Å²) in [5.41, 5.74) is 0. The molecule has 0 bridgehead atoms. The van der Waals surface area contributed by atoms with Gasteiger partial charge in [0.05, 0.1) is 0 Å². The number of piperazine rings is 1. The van der Waals surface area contributed by atoms with E-state index in [-0.39, 0.29) is 24.8 Å². The lowest BCUT2D eigenvalue weighted by atomic mass is 9.86. The normalized spacial score (nSPS) is 31.7. The first kappa shape index (κ1) is 22.4. The van der Waals surface area contributed by atoms with Gasteiger partial charge in [-0.3, -0.25) is 9.69 Å². The number of nitrogens with one attached hydrogen (secondary N) is 1. The molecule has 1 aliphatic carbocycles. The number of hydrogen-bond donors (Lipinski definition) is 1. The molecule has 4 nitrogen and oxygen atoms in total. The lowest BCUT2D eigenvalue weighted by Crippen LogP contribution is -2.53. The summed E-state index contributed by atoms with van der Waals surface area (Å²) in [7, 11) is 0. The van der Waals surface area contributed by atoms with Gasteiger partial charge in [0.15, 0.2) is 0 Å². The molecule has 1 amide bonds. The third kappa shape index (κ3) is 6.24. The molecule has 1 atom stereocenters. The van der Waals surface area contributed by atoms with E-state index in [1.165, 1.54) is 31.4 Å². The van der Waals surface area contributed by atoms with Gasteiger partial charge in [-0.05, 0) is 31.6 Å². The number of carbonyl (C=O) groups is 1. The second-order valence-electron chi connectivity index (χ2n) is 7.26. The van der Waals surface area contributed by atoms with Gasteiger partial charge >= 0.3 is 0 Å². The van der Waals surface area contributed by atoms with Crippen LogP contribution in [0.1, 0.15) is 39.0 Å². The van der Waals surface area contributed by atoms with E-state index in [0.717, 1.165) is 50.4 Å². The standard InChI is InChI=1S/C17H31N3OS.2ClH/c1-14-2-4-16(5-3-14)19-7-9-20(10-8-19)17(21)12-15-13-22-11-6-18-15;;/h14-16,18H,2-13H2,1H3;2*1H. The van der Waals surface area contributed by atoms with Gasteiger partial charge in [0.2, 0.25) is 5.91 Å². The van der Waals surface area contributed by atoms with Gasteiger partial charge in [-0.25, -0.2) is 0 Å². The summed E-state index contributed by atoms with van der Waals surface area (Å²) in [6.07, 6.45) is 6.17. The molecule has 1 N–H and O–H groups in total. The lowest BCUT2D eigenvalue weighted by molar-refractivity contribution is -0.133. The zero-order valence-electron chi connectivity index (χ0n) is 14.7. The molecule has 2 heterocycles. The van der Waals surface area contributed by atoms with E-state index in [0.29, 0.717) is 18.4 Å². The summed E-state index contributed by atoms with van der Waals surface area (Å²) in [6.45, 7) is 7.46. The Labute approximate surface area is 163 Å². The first-order valence-corrected chi connectivity index (χ1v) is 10.2. The molecule has 3 aliphatic rings. The second-order valence-corrected chi connectivity index (χ2v) is 8.41. The Bertz CT molecular complexity index is 367. The van der Waals surface area contributed by atoms with Crippen LogP contribution in [-0.4, -0.2) is 72.0 Å².